The Kier molecular flexibility index (Phi) is 3.83. The molecule has 0 heterocycles. The Hall–Kier alpha value is -1.51. The van der Waals surface area contributed by atoms with E-state index in [-0.39, 0.29) is 5.92 Å². The molecule has 0 aromatic heterocycles. The van der Waals surface area contributed by atoms with Gasteiger partial charge in [-0.05, 0) is 55.7 Å². The second kappa shape index (κ2) is 5.24. The van der Waals surface area contributed by atoms with E-state index >= 15 is 0 Å². The summed E-state index contributed by atoms with van der Waals surface area (Å²) in [6.07, 6.45) is 2.62. The maximum atomic E-state index is 11.8. The summed E-state index contributed by atoms with van der Waals surface area (Å²) in [5.41, 5.74) is 1.23. The summed E-state index contributed by atoms with van der Waals surface area (Å²) < 4.78 is 0. The van der Waals surface area contributed by atoms with Gasteiger partial charge < -0.3 is 10.4 Å². The average Bonchev–Trinajstić information content (AvgIpc) is 2.32. The first-order chi connectivity index (χ1) is 8.94. The molecule has 0 amide bonds. The lowest BCUT2D eigenvalue weighted by Crippen LogP contribution is -2.54. The van der Waals surface area contributed by atoms with Crippen LogP contribution in [0, 0.1) is 18.8 Å². The summed E-state index contributed by atoms with van der Waals surface area (Å²) >= 11 is 0. The summed E-state index contributed by atoms with van der Waals surface area (Å²) in [7, 11) is 0. The minimum Gasteiger partial charge on any atom is -0.479 e. The van der Waals surface area contributed by atoms with Crippen molar-refractivity contribution in [3.63, 3.8) is 0 Å². The molecule has 2 N–H and O–H groups in total. The van der Waals surface area contributed by atoms with Crippen LogP contribution in [0.1, 0.15) is 38.7 Å². The van der Waals surface area contributed by atoms with Crippen molar-refractivity contribution >= 4 is 11.7 Å². The molecule has 3 unspecified atom stereocenters. The molecule has 1 aliphatic carbocycles. The number of nitrogens with one attached hydrogen (secondary N) is 1. The zero-order valence-electron chi connectivity index (χ0n) is 11.9. The SMILES string of the molecule is Cc1cccc(NC2(C(=O)O)CCC(C)CC2C)c1. The summed E-state index contributed by atoms with van der Waals surface area (Å²) in [5.74, 6) is 0.0180. The Bertz CT molecular complexity index is 472. The topological polar surface area (TPSA) is 49.3 Å². The van der Waals surface area contributed by atoms with E-state index in [1.54, 1.807) is 0 Å². The van der Waals surface area contributed by atoms with Crippen LogP contribution in [0.3, 0.4) is 0 Å². The van der Waals surface area contributed by atoms with Gasteiger partial charge in [0.2, 0.25) is 0 Å². The van der Waals surface area contributed by atoms with Gasteiger partial charge in [-0.1, -0.05) is 26.0 Å². The van der Waals surface area contributed by atoms with Gasteiger partial charge in [0.15, 0.2) is 0 Å². The normalized spacial score (nSPS) is 30.9. The molecule has 1 fully saturated rings. The lowest BCUT2D eigenvalue weighted by Gasteiger charge is -2.42. The zero-order chi connectivity index (χ0) is 14.0. The Morgan fingerprint density at radius 1 is 1.42 bits per heavy atom. The number of rotatable bonds is 3. The molecule has 1 aliphatic rings. The molecule has 104 valence electrons. The third-order valence-electron chi connectivity index (χ3n) is 4.40. The van der Waals surface area contributed by atoms with Crippen LogP contribution in [-0.4, -0.2) is 16.6 Å². The Morgan fingerprint density at radius 2 is 2.16 bits per heavy atom. The fourth-order valence-electron chi connectivity index (χ4n) is 3.18. The van der Waals surface area contributed by atoms with E-state index in [9.17, 15) is 9.90 Å². The summed E-state index contributed by atoms with van der Waals surface area (Å²) in [6.45, 7) is 6.27. The van der Waals surface area contributed by atoms with Gasteiger partial charge in [0.25, 0.3) is 0 Å². The molecule has 1 aromatic rings. The lowest BCUT2D eigenvalue weighted by molar-refractivity contribution is -0.145. The van der Waals surface area contributed by atoms with E-state index in [1.807, 2.05) is 38.1 Å². The van der Waals surface area contributed by atoms with Crippen molar-refractivity contribution in [2.45, 2.75) is 45.6 Å². The number of carboxylic acids is 1. The van der Waals surface area contributed by atoms with Crippen molar-refractivity contribution in [2.24, 2.45) is 11.8 Å². The molecule has 0 bridgehead atoms. The smallest absolute Gasteiger partial charge is 0.329 e. The van der Waals surface area contributed by atoms with E-state index in [4.69, 9.17) is 0 Å². The summed E-state index contributed by atoms with van der Waals surface area (Å²) in [4.78, 5) is 11.8. The number of hydrogen-bond acceptors (Lipinski definition) is 2. The number of aryl methyl sites for hydroxylation is 1. The minimum absolute atomic E-state index is 0.134. The minimum atomic E-state index is -0.819. The summed E-state index contributed by atoms with van der Waals surface area (Å²) in [6, 6.07) is 7.94. The van der Waals surface area contributed by atoms with Gasteiger partial charge in [0, 0.05) is 5.69 Å². The van der Waals surface area contributed by atoms with Gasteiger partial charge in [-0.15, -0.1) is 0 Å². The summed E-state index contributed by atoms with van der Waals surface area (Å²) in [5, 5.41) is 13.0. The monoisotopic (exact) mass is 261 g/mol. The number of carbonyl (C=O) groups is 1. The number of carboxylic acid groups (broad SMARTS) is 1. The molecule has 19 heavy (non-hydrogen) atoms. The fraction of sp³-hybridized carbons (Fsp3) is 0.562. The molecule has 3 atom stereocenters. The first kappa shape index (κ1) is 13.9. The molecule has 1 aromatic carbocycles. The zero-order valence-corrected chi connectivity index (χ0v) is 11.9. The van der Waals surface area contributed by atoms with Crippen molar-refractivity contribution in [1.82, 2.24) is 0 Å². The van der Waals surface area contributed by atoms with Gasteiger partial charge in [0.1, 0.15) is 5.54 Å². The Labute approximate surface area is 115 Å². The highest BCUT2D eigenvalue weighted by Crippen LogP contribution is 2.39. The quantitative estimate of drug-likeness (QED) is 0.872. The number of aliphatic carboxylic acids is 1. The third kappa shape index (κ3) is 2.75. The standard InChI is InChI=1S/C16H23NO2/c1-11-5-4-6-14(10-11)17-16(15(18)19)8-7-12(2)9-13(16)3/h4-6,10,12-13,17H,7-9H2,1-3H3,(H,18,19). The maximum absolute atomic E-state index is 11.8. The van der Waals surface area contributed by atoms with Crippen LogP contribution < -0.4 is 5.32 Å². The first-order valence-electron chi connectivity index (χ1n) is 7.02. The Morgan fingerprint density at radius 3 is 2.74 bits per heavy atom. The van der Waals surface area contributed by atoms with Crippen LogP contribution in [0.4, 0.5) is 5.69 Å². The van der Waals surface area contributed by atoms with Gasteiger partial charge in [0.05, 0.1) is 0 Å². The van der Waals surface area contributed by atoms with Crippen molar-refractivity contribution in [3.8, 4) is 0 Å². The van der Waals surface area contributed by atoms with Crippen LogP contribution in [0.25, 0.3) is 0 Å². The van der Waals surface area contributed by atoms with Crippen molar-refractivity contribution in [1.29, 1.82) is 0 Å². The van der Waals surface area contributed by atoms with E-state index in [0.717, 1.165) is 24.1 Å². The van der Waals surface area contributed by atoms with Gasteiger partial charge in [-0.2, -0.15) is 0 Å². The molecular formula is C16H23NO2. The largest absolute Gasteiger partial charge is 0.479 e. The predicted molar refractivity (Wildman–Crippen MR) is 77.3 cm³/mol. The molecule has 0 saturated heterocycles. The van der Waals surface area contributed by atoms with Crippen molar-refractivity contribution in [3.05, 3.63) is 29.8 Å². The first-order valence-corrected chi connectivity index (χ1v) is 7.02. The molecule has 1 saturated carbocycles. The second-order valence-electron chi connectivity index (χ2n) is 6.05. The number of benzene rings is 1. The molecule has 0 spiro atoms. The number of anilines is 1. The second-order valence-corrected chi connectivity index (χ2v) is 6.05. The molecule has 2 rings (SSSR count). The van der Waals surface area contributed by atoms with E-state index in [1.165, 1.54) is 0 Å². The third-order valence-corrected chi connectivity index (χ3v) is 4.40. The van der Waals surface area contributed by atoms with Gasteiger partial charge >= 0.3 is 5.97 Å². The molecule has 0 radical (unpaired) electrons. The molecule has 0 aliphatic heterocycles. The van der Waals surface area contributed by atoms with Crippen molar-refractivity contribution < 1.29 is 9.90 Å². The van der Waals surface area contributed by atoms with Crippen LogP contribution in [-0.2, 0) is 4.79 Å². The fourth-order valence-corrected chi connectivity index (χ4v) is 3.18. The van der Waals surface area contributed by atoms with E-state index < -0.39 is 11.5 Å². The van der Waals surface area contributed by atoms with E-state index in [0.29, 0.717) is 12.3 Å². The highest BCUT2D eigenvalue weighted by Gasteiger charge is 2.46. The predicted octanol–water partition coefficient (Wildman–Crippen LogP) is 3.69. The molecule has 3 nitrogen and oxygen atoms in total. The lowest BCUT2D eigenvalue weighted by atomic mass is 9.70. The maximum Gasteiger partial charge on any atom is 0.329 e. The van der Waals surface area contributed by atoms with Crippen LogP contribution in [0.15, 0.2) is 24.3 Å². The van der Waals surface area contributed by atoms with Gasteiger partial charge in [-0.25, -0.2) is 4.79 Å². The Balaban J connectivity index is 2.28. The highest BCUT2D eigenvalue weighted by atomic mass is 16.4. The average molecular weight is 261 g/mol. The van der Waals surface area contributed by atoms with Crippen LogP contribution >= 0.6 is 0 Å². The van der Waals surface area contributed by atoms with Crippen molar-refractivity contribution in [2.75, 3.05) is 5.32 Å². The molecule has 3 heteroatoms. The van der Waals surface area contributed by atoms with Crippen LogP contribution in [0.5, 0.6) is 0 Å². The van der Waals surface area contributed by atoms with Gasteiger partial charge in [-0.3, -0.25) is 0 Å². The van der Waals surface area contributed by atoms with Crippen LogP contribution in [0.2, 0.25) is 0 Å². The van der Waals surface area contributed by atoms with E-state index in [2.05, 4.69) is 12.2 Å². The highest BCUT2D eigenvalue weighted by molar-refractivity contribution is 5.83. The molecular weight excluding hydrogens is 238 g/mol. The number of hydrogen-bond donors (Lipinski definition) is 2.